The van der Waals surface area contributed by atoms with E-state index in [1.54, 1.807) is 18.5 Å². The number of carboxylic acids is 1. The number of aromatic nitrogens is 2. The van der Waals surface area contributed by atoms with Crippen LogP contribution >= 0.6 is 0 Å². The molecular weight excluding hydrogens is 476 g/mol. The van der Waals surface area contributed by atoms with Gasteiger partial charge in [-0.25, -0.2) is 9.97 Å². The quantitative estimate of drug-likeness (QED) is 0.224. The number of carboxylic acid groups (broad SMARTS) is 1. The average Bonchev–Trinajstić information content (AvgIpc) is 2.93. The van der Waals surface area contributed by atoms with Crippen LogP contribution in [0.15, 0.2) is 116 Å². The summed E-state index contributed by atoms with van der Waals surface area (Å²) in [5.74, 6) is -3.24. The molecule has 186 valence electrons. The number of carbonyl (C=O) groups is 2. The monoisotopic (exact) mass is 500 g/mol. The van der Waals surface area contributed by atoms with Crippen molar-refractivity contribution in [2.75, 3.05) is 0 Å². The Hall–Kier alpha value is -4.84. The van der Waals surface area contributed by atoms with Crippen molar-refractivity contribution in [1.29, 1.82) is 0 Å². The van der Waals surface area contributed by atoms with Crippen molar-refractivity contribution in [3.8, 4) is 16.9 Å². The van der Waals surface area contributed by atoms with Crippen LogP contribution in [-0.4, -0.2) is 27.0 Å². The number of ether oxygens (including phenoxy) is 1. The lowest BCUT2D eigenvalue weighted by atomic mass is 9.52. The molecule has 4 aromatic carbocycles. The highest BCUT2D eigenvalue weighted by molar-refractivity contribution is 5.90. The van der Waals surface area contributed by atoms with Crippen molar-refractivity contribution in [1.82, 2.24) is 9.97 Å². The predicted octanol–water partition coefficient (Wildman–Crippen LogP) is 6.10. The normalized spacial score (nSPS) is 20.4. The van der Waals surface area contributed by atoms with Gasteiger partial charge in [-0.1, -0.05) is 78.9 Å². The summed E-state index contributed by atoms with van der Waals surface area (Å²) in [6.07, 6.45) is 5.02. The summed E-state index contributed by atoms with van der Waals surface area (Å²) < 4.78 is 5.92. The topological polar surface area (TPSA) is 89.4 Å². The Morgan fingerprint density at radius 1 is 0.658 bits per heavy atom. The highest BCUT2D eigenvalue weighted by Gasteiger charge is 2.59. The Labute approximate surface area is 219 Å². The maximum atomic E-state index is 13.7. The summed E-state index contributed by atoms with van der Waals surface area (Å²) in [6.45, 7) is 0. The number of hydrogen-bond acceptors (Lipinski definition) is 5. The van der Waals surface area contributed by atoms with Crippen LogP contribution in [0.1, 0.15) is 23.0 Å². The fourth-order valence-corrected chi connectivity index (χ4v) is 5.63. The minimum atomic E-state index is -0.915. The molecule has 1 aliphatic carbocycles. The molecule has 0 radical (unpaired) electrons. The Morgan fingerprint density at radius 3 is 1.84 bits per heavy atom. The third kappa shape index (κ3) is 4.30. The second-order valence-corrected chi connectivity index (χ2v) is 9.53. The van der Waals surface area contributed by atoms with Gasteiger partial charge in [-0.3, -0.25) is 9.59 Å². The second kappa shape index (κ2) is 9.90. The van der Waals surface area contributed by atoms with Gasteiger partial charge in [-0.15, -0.1) is 0 Å². The minimum Gasteiger partial charge on any atom is -0.481 e. The molecule has 3 unspecified atom stereocenters. The van der Waals surface area contributed by atoms with Crippen LogP contribution in [0.3, 0.4) is 0 Å². The Kier molecular flexibility index (Phi) is 6.14. The summed E-state index contributed by atoms with van der Waals surface area (Å²) >= 11 is 0. The van der Waals surface area contributed by atoms with Gasteiger partial charge in [0.15, 0.2) is 0 Å². The molecule has 0 aliphatic heterocycles. The number of rotatable bonds is 6. The second-order valence-electron chi connectivity index (χ2n) is 9.53. The summed E-state index contributed by atoms with van der Waals surface area (Å²) in [7, 11) is 0. The van der Waals surface area contributed by atoms with Crippen molar-refractivity contribution in [2.24, 2.45) is 11.8 Å². The van der Waals surface area contributed by atoms with Crippen LogP contribution in [-0.2, 0) is 9.59 Å². The van der Waals surface area contributed by atoms with Gasteiger partial charge in [0.1, 0.15) is 12.1 Å². The molecule has 0 amide bonds. The lowest BCUT2D eigenvalue weighted by molar-refractivity contribution is -0.158. The zero-order valence-corrected chi connectivity index (χ0v) is 20.3. The van der Waals surface area contributed by atoms with Gasteiger partial charge in [-0.05, 0) is 45.7 Å². The lowest BCUT2D eigenvalue weighted by Crippen LogP contribution is -2.52. The molecular formula is C32H24N2O4. The third-order valence-electron chi connectivity index (χ3n) is 7.40. The first kappa shape index (κ1) is 23.6. The van der Waals surface area contributed by atoms with E-state index in [0.717, 1.165) is 33.0 Å². The van der Waals surface area contributed by atoms with E-state index in [1.165, 1.54) is 6.33 Å². The molecule has 1 aromatic heterocycles. The zero-order valence-electron chi connectivity index (χ0n) is 20.3. The number of esters is 1. The standard InChI is InChI=1S/C32H24N2O4/c35-31(36)29-27(20-7-3-1-4-8-20)30(28(29)21-9-5-2-6-10-21)32(37)38-26-14-13-22-15-23(11-12-24(22)16-26)25-17-33-19-34-18-25/h1-19,27-30H,(H,35,36)/t27-,28?,29?,30?/m0/s1. The molecule has 1 fully saturated rings. The largest absolute Gasteiger partial charge is 0.481 e. The summed E-state index contributed by atoms with van der Waals surface area (Å²) in [6, 6.07) is 30.3. The first-order valence-electron chi connectivity index (χ1n) is 12.4. The van der Waals surface area contributed by atoms with E-state index in [-0.39, 0.29) is 0 Å². The van der Waals surface area contributed by atoms with Gasteiger partial charge >= 0.3 is 11.9 Å². The van der Waals surface area contributed by atoms with E-state index < -0.39 is 35.6 Å². The van der Waals surface area contributed by atoms with Gasteiger partial charge in [-0.2, -0.15) is 0 Å². The third-order valence-corrected chi connectivity index (χ3v) is 7.40. The number of nitrogens with zero attached hydrogens (tertiary/aromatic N) is 2. The number of benzene rings is 4. The molecule has 0 bridgehead atoms. The van der Waals surface area contributed by atoms with E-state index in [1.807, 2.05) is 91.0 Å². The first-order valence-corrected chi connectivity index (χ1v) is 12.4. The summed E-state index contributed by atoms with van der Waals surface area (Å²) in [4.78, 5) is 34.2. The zero-order chi connectivity index (χ0) is 26.1. The Morgan fingerprint density at radius 2 is 1.24 bits per heavy atom. The van der Waals surface area contributed by atoms with E-state index in [9.17, 15) is 14.7 Å². The molecule has 0 spiro atoms. The van der Waals surface area contributed by atoms with Crippen molar-refractivity contribution in [3.63, 3.8) is 0 Å². The maximum absolute atomic E-state index is 13.7. The number of hydrogen-bond donors (Lipinski definition) is 1. The molecule has 1 heterocycles. The van der Waals surface area contributed by atoms with Crippen molar-refractivity contribution in [2.45, 2.75) is 11.8 Å². The van der Waals surface area contributed by atoms with Gasteiger partial charge in [0.05, 0.1) is 11.8 Å². The fourth-order valence-electron chi connectivity index (χ4n) is 5.63. The smallest absolute Gasteiger partial charge is 0.315 e. The predicted molar refractivity (Wildman–Crippen MR) is 144 cm³/mol. The highest BCUT2D eigenvalue weighted by atomic mass is 16.5. The maximum Gasteiger partial charge on any atom is 0.315 e. The molecule has 1 aliphatic rings. The van der Waals surface area contributed by atoms with Gasteiger partial charge in [0.25, 0.3) is 0 Å². The fraction of sp³-hybridized carbons (Fsp3) is 0.125. The number of fused-ring (bicyclic) bond motifs is 1. The molecule has 1 N–H and O–H groups in total. The molecule has 6 rings (SSSR count). The molecule has 5 aromatic rings. The SMILES string of the molecule is O=C(O)C1C(c2ccccc2)C(C(=O)Oc2ccc3cc(-c4cncnc4)ccc3c2)[C@H]1c1ccccc1. The van der Waals surface area contributed by atoms with E-state index in [0.29, 0.717) is 5.75 Å². The molecule has 6 heteroatoms. The van der Waals surface area contributed by atoms with E-state index >= 15 is 0 Å². The van der Waals surface area contributed by atoms with Crippen LogP contribution in [0.4, 0.5) is 0 Å². The first-order chi connectivity index (χ1) is 18.6. The average molecular weight is 501 g/mol. The minimum absolute atomic E-state index is 0.427. The van der Waals surface area contributed by atoms with Crippen molar-refractivity contribution in [3.05, 3.63) is 127 Å². The lowest BCUT2D eigenvalue weighted by Gasteiger charge is -2.48. The number of carbonyl (C=O) groups excluding carboxylic acids is 1. The molecule has 1 saturated carbocycles. The van der Waals surface area contributed by atoms with Crippen molar-refractivity contribution < 1.29 is 19.4 Å². The summed E-state index contributed by atoms with van der Waals surface area (Å²) in [5.41, 5.74) is 3.56. The van der Waals surface area contributed by atoms with Crippen LogP contribution in [0, 0.1) is 11.8 Å². The molecule has 4 atom stereocenters. The number of aliphatic carboxylic acids is 1. The van der Waals surface area contributed by atoms with E-state index in [2.05, 4.69) is 9.97 Å². The van der Waals surface area contributed by atoms with Gasteiger partial charge in [0.2, 0.25) is 0 Å². The molecule has 0 saturated heterocycles. The van der Waals surface area contributed by atoms with Crippen LogP contribution in [0.2, 0.25) is 0 Å². The summed E-state index contributed by atoms with van der Waals surface area (Å²) in [5, 5.41) is 12.1. The molecule has 38 heavy (non-hydrogen) atoms. The Balaban J connectivity index is 1.31. The molecule has 6 nitrogen and oxygen atoms in total. The van der Waals surface area contributed by atoms with Gasteiger partial charge in [0, 0.05) is 29.8 Å². The van der Waals surface area contributed by atoms with Crippen molar-refractivity contribution >= 4 is 22.7 Å². The van der Waals surface area contributed by atoms with E-state index in [4.69, 9.17) is 4.74 Å². The van der Waals surface area contributed by atoms with Crippen LogP contribution < -0.4 is 4.74 Å². The highest BCUT2D eigenvalue weighted by Crippen LogP contribution is 2.58. The van der Waals surface area contributed by atoms with Crippen LogP contribution in [0.5, 0.6) is 5.75 Å². The Bertz CT molecular complexity index is 1560. The van der Waals surface area contributed by atoms with Crippen LogP contribution in [0.25, 0.3) is 21.9 Å². The van der Waals surface area contributed by atoms with Gasteiger partial charge < -0.3 is 9.84 Å².